The van der Waals surface area contributed by atoms with Crippen molar-refractivity contribution in [2.75, 3.05) is 26.7 Å². The summed E-state index contributed by atoms with van der Waals surface area (Å²) < 4.78 is 0. The molecule has 0 unspecified atom stereocenters. The third-order valence-electron chi connectivity index (χ3n) is 3.21. The quantitative estimate of drug-likeness (QED) is 0.455. The summed E-state index contributed by atoms with van der Waals surface area (Å²) in [4.78, 5) is 7.27. The zero-order valence-electron chi connectivity index (χ0n) is 7.62. The van der Waals surface area contributed by atoms with Gasteiger partial charge >= 0.3 is 0 Å². The van der Waals surface area contributed by atoms with Crippen LogP contribution in [0.2, 0.25) is 0 Å². The van der Waals surface area contributed by atoms with Crippen LogP contribution in [-0.2, 0) is 4.84 Å². The third-order valence-corrected chi connectivity index (χ3v) is 3.21. The highest BCUT2D eigenvalue weighted by Crippen LogP contribution is 2.38. The molecule has 0 aromatic rings. The van der Waals surface area contributed by atoms with E-state index in [1.165, 1.54) is 38.9 Å². The summed E-state index contributed by atoms with van der Waals surface area (Å²) in [6.07, 6.45) is 5.82. The number of hydrogen-bond acceptors (Lipinski definition) is 3. The van der Waals surface area contributed by atoms with Gasteiger partial charge in [0.15, 0.2) is 0 Å². The van der Waals surface area contributed by atoms with Gasteiger partial charge in [0.25, 0.3) is 0 Å². The van der Waals surface area contributed by atoms with E-state index in [1.807, 2.05) is 6.21 Å². The normalized spacial score (nSPS) is 40.6. The SMILES string of the molecule is CO/N=C/C12CCN(CC1)CC2. The summed E-state index contributed by atoms with van der Waals surface area (Å²) in [5.74, 6) is 0. The molecular formula is C9H16N2O. The number of hydrogen-bond donors (Lipinski definition) is 0. The fourth-order valence-electron chi connectivity index (χ4n) is 2.21. The first-order valence-electron chi connectivity index (χ1n) is 4.65. The molecule has 3 heteroatoms. The lowest BCUT2D eigenvalue weighted by atomic mass is 9.73. The highest BCUT2D eigenvalue weighted by atomic mass is 16.6. The zero-order valence-corrected chi connectivity index (χ0v) is 7.62. The van der Waals surface area contributed by atoms with E-state index in [-0.39, 0.29) is 0 Å². The minimum Gasteiger partial charge on any atom is -0.399 e. The van der Waals surface area contributed by atoms with Crippen molar-refractivity contribution in [1.82, 2.24) is 4.90 Å². The Balaban J connectivity index is 2.03. The molecule has 0 spiro atoms. The van der Waals surface area contributed by atoms with Crippen LogP contribution in [0.4, 0.5) is 0 Å². The molecule has 2 bridgehead atoms. The second-order valence-electron chi connectivity index (χ2n) is 3.87. The molecule has 0 atom stereocenters. The van der Waals surface area contributed by atoms with Crippen LogP contribution in [0, 0.1) is 5.41 Å². The van der Waals surface area contributed by atoms with Crippen LogP contribution < -0.4 is 0 Å². The lowest BCUT2D eigenvalue weighted by Gasteiger charge is -2.46. The van der Waals surface area contributed by atoms with Crippen LogP contribution in [0.25, 0.3) is 0 Å². The van der Waals surface area contributed by atoms with E-state index in [0.29, 0.717) is 5.41 Å². The van der Waals surface area contributed by atoms with E-state index < -0.39 is 0 Å². The predicted octanol–water partition coefficient (Wildman–Crippen LogP) is 1.10. The number of fused-ring (bicyclic) bond motifs is 3. The lowest BCUT2D eigenvalue weighted by molar-refractivity contribution is 0.0745. The average Bonchev–Trinajstić information content (AvgIpc) is 2.18. The minimum atomic E-state index is 0.380. The topological polar surface area (TPSA) is 24.8 Å². The Morgan fingerprint density at radius 1 is 1.25 bits per heavy atom. The molecule has 3 saturated heterocycles. The van der Waals surface area contributed by atoms with E-state index in [4.69, 9.17) is 4.84 Å². The first-order valence-corrected chi connectivity index (χ1v) is 4.65. The number of rotatable bonds is 2. The fourth-order valence-corrected chi connectivity index (χ4v) is 2.21. The molecule has 3 aliphatic rings. The molecule has 0 radical (unpaired) electrons. The summed E-state index contributed by atoms with van der Waals surface area (Å²) in [6.45, 7) is 3.74. The molecule has 12 heavy (non-hydrogen) atoms. The van der Waals surface area contributed by atoms with Crippen molar-refractivity contribution < 1.29 is 4.84 Å². The Morgan fingerprint density at radius 3 is 2.33 bits per heavy atom. The molecule has 0 aromatic heterocycles. The summed E-state index contributed by atoms with van der Waals surface area (Å²) >= 11 is 0. The second-order valence-corrected chi connectivity index (χ2v) is 3.87. The van der Waals surface area contributed by atoms with Gasteiger partial charge in [-0.25, -0.2) is 0 Å². The van der Waals surface area contributed by atoms with E-state index >= 15 is 0 Å². The van der Waals surface area contributed by atoms with Gasteiger partial charge in [0.05, 0.1) is 6.21 Å². The molecular weight excluding hydrogens is 152 g/mol. The third kappa shape index (κ3) is 1.33. The van der Waals surface area contributed by atoms with Gasteiger partial charge in [-0.3, -0.25) is 0 Å². The molecule has 0 N–H and O–H groups in total. The van der Waals surface area contributed by atoms with Gasteiger partial charge < -0.3 is 9.74 Å². The summed E-state index contributed by atoms with van der Waals surface area (Å²) in [5, 5.41) is 3.92. The molecule has 3 aliphatic heterocycles. The Hall–Kier alpha value is -0.570. The standard InChI is InChI=1S/C9H16N2O/c1-12-10-8-9-2-5-11(6-3-9)7-4-9/h8H,2-7H2,1H3/b10-8+. The lowest BCUT2D eigenvalue weighted by Crippen LogP contribution is -2.48. The molecule has 3 fully saturated rings. The largest absolute Gasteiger partial charge is 0.399 e. The number of oxime groups is 1. The van der Waals surface area contributed by atoms with E-state index in [9.17, 15) is 0 Å². The zero-order chi connectivity index (χ0) is 8.44. The maximum absolute atomic E-state index is 4.74. The van der Waals surface area contributed by atoms with E-state index in [2.05, 4.69) is 10.1 Å². The van der Waals surface area contributed by atoms with Crippen molar-refractivity contribution in [3.8, 4) is 0 Å². The Morgan fingerprint density at radius 2 is 1.83 bits per heavy atom. The number of nitrogens with zero attached hydrogens (tertiary/aromatic N) is 2. The van der Waals surface area contributed by atoms with E-state index in [0.717, 1.165) is 0 Å². The Labute approximate surface area is 73.4 Å². The smallest absolute Gasteiger partial charge is 0.106 e. The maximum Gasteiger partial charge on any atom is 0.106 e. The van der Waals surface area contributed by atoms with Crippen molar-refractivity contribution in [2.24, 2.45) is 10.6 Å². The molecule has 68 valence electrons. The molecule has 3 nitrogen and oxygen atoms in total. The molecule has 0 amide bonds. The van der Waals surface area contributed by atoms with Gasteiger partial charge in [-0.1, -0.05) is 5.16 Å². The predicted molar refractivity (Wildman–Crippen MR) is 48.2 cm³/mol. The van der Waals surface area contributed by atoms with Gasteiger partial charge in [0.1, 0.15) is 7.11 Å². The Bertz CT molecular complexity index is 169. The van der Waals surface area contributed by atoms with Crippen molar-refractivity contribution >= 4 is 6.21 Å². The van der Waals surface area contributed by atoms with Crippen LogP contribution in [0.3, 0.4) is 0 Å². The first-order chi connectivity index (χ1) is 5.85. The molecule has 3 rings (SSSR count). The highest BCUT2D eigenvalue weighted by Gasteiger charge is 2.38. The maximum atomic E-state index is 4.74. The molecule has 0 aromatic carbocycles. The van der Waals surface area contributed by atoms with Crippen molar-refractivity contribution in [2.45, 2.75) is 19.3 Å². The average molecular weight is 168 g/mol. The van der Waals surface area contributed by atoms with Crippen LogP contribution in [0.1, 0.15) is 19.3 Å². The summed E-state index contributed by atoms with van der Waals surface area (Å²) in [5.41, 5.74) is 0.380. The van der Waals surface area contributed by atoms with Gasteiger partial charge in [-0.2, -0.15) is 0 Å². The van der Waals surface area contributed by atoms with Crippen molar-refractivity contribution in [3.05, 3.63) is 0 Å². The van der Waals surface area contributed by atoms with Crippen molar-refractivity contribution in [3.63, 3.8) is 0 Å². The van der Waals surface area contributed by atoms with Crippen molar-refractivity contribution in [1.29, 1.82) is 0 Å². The monoisotopic (exact) mass is 168 g/mol. The van der Waals surface area contributed by atoms with Crippen LogP contribution in [-0.4, -0.2) is 37.9 Å². The van der Waals surface area contributed by atoms with Crippen LogP contribution in [0.15, 0.2) is 5.16 Å². The van der Waals surface area contributed by atoms with Gasteiger partial charge in [-0.15, -0.1) is 0 Å². The van der Waals surface area contributed by atoms with E-state index in [1.54, 1.807) is 7.11 Å². The molecule has 0 aliphatic carbocycles. The Kier molecular flexibility index (Phi) is 2.05. The highest BCUT2D eigenvalue weighted by molar-refractivity contribution is 5.65. The fraction of sp³-hybridized carbons (Fsp3) is 0.889. The van der Waals surface area contributed by atoms with Gasteiger partial charge in [0, 0.05) is 5.41 Å². The van der Waals surface area contributed by atoms with Crippen LogP contribution in [0.5, 0.6) is 0 Å². The number of piperidine rings is 3. The first kappa shape index (κ1) is 8.05. The summed E-state index contributed by atoms with van der Waals surface area (Å²) in [6, 6.07) is 0. The van der Waals surface area contributed by atoms with Crippen LogP contribution >= 0.6 is 0 Å². The van der Waals surface area contributed by atoms with Gasteiger partial charge in [-0.05, 0) is 38.9 Å². The molecule has 3 heterocycles. The van der Waals surface area contributed by atoms with Gasteiger partial charge in [0.2, 0.25) is 0 Å². The molecule has 0 saturated carbocycles. The summed E-state index contributed by atoms with van der Waals surface area (Å²) in [7, 11) is 1.62. The minimum absolute atomic E-state index is 0.380. The second kappa shape index (κ2) is 3.05.